The molecule has 0 saturated heterocycles. The van der Waals surface area contributed by atoms with E-state index >= 15 is 0 Å². The van der Waals surface area contributed by atoms with E-state index in [1.165, 1.54) is 12.1 Å². The average Bonchev–Trinajstić information content (AvgIpc) is 2.42. The van der Waals surface area contributed by atoms with Gasteiger partial charge >= 0.3 is 0 Å². The summed E-state index contributed by atoms with van der Waals surface area (Å²) in [6.07, 6.45) is 0. The third-order valence-corrected chi connectivity index (χ3v) is 3.38. The minimum Gasteiger partial charge on any atom is -0.508 e. The Morgan fingerprint density at radius 1 is 1.10 bits per heavy atom. The van der Waals surface area contributed by atoms with Crippen LogP contribution in [0.2, 0.25) is 0 Å². The first-order chi connectivity index (χ1) is 9.58. The van der Waals surface area contributed by atoms with Crippen LogP contribution in [0.15, 0.2) is 47.3 Å². The second-order valence-corrected chi connectivity index (χ2v) is 4.79. The Kier molecular flexibility index (Phi) is 2.79. The largest absolute Gasteiger partial charge is 0.508 e. The smallest absolute Gasteiger partial charge is 0.266 e. The van der Waals surface area contributed by atoms with Crippen molar-refractivity contribution in [2.45, 2.75) is 13.8 Å². The number of rotatable bonds is 1. The van der Waals surface area contributed by atoms with Crippen molar-refractivity contribution in [3.63, 3.8) is 0 Å². The highest BCUT2D eigenvalue weighted by molar-refractivity contribution is 5.79. The van der Waals surface area contributed by atoms with Crippen LogP contribution in [0.5, 0.6) is 5.75 Å². The van der Waals surface area contributed by atoms with Crippen LogP contribution in [0, 0.1) is 13.8 Å². The Morgan fingerprint density at radius 3 is 2.60 bits per heavy atom. The molecule has 0 fully saturated rings. The van der Waals surface area contributed by atoms with E-state index in [9.17, 15) is 9.90 Å². The fraction of sp³-hybridized carbons (Fsp3) is 0.125. The molecule has 1 N–H and O–H groups in total. The van der Waals surface area contributed by atoms with Gasteiger partial charge in [0.25, 0.3) is 5.56 Å². The van der Waals surface area contributed by atoms with Gasteiger partial charge in [-0.25, -0.2) is 4.98 Å². The molecule has 100 valence electrons. The lowest BCUT2D eigenvalue weighted by Crippen LogP contribution is -2.22. The van der Waals surface area contributed by atoms with Gasteiger partial charge in [0, 0.05) is 0 Å². The molecule has 4 heteroatoms. The Labute approximate surface area is 116 Å². The molecule has 3 rings (SSSR count). The van der Waals surface area contributed by atoms with Gasteiger partial charge in [0.2, 0.25) is 0 Å². The second-order valence-electron chi connectivity index (χ2n) is 4.79. The van der Waals surface area contributed by atoms with E-state index in [2.05, 4.69) is 4.98 Å². The van der Waals surface area contributed by atoms with Crippen molar-refractivity contribution in [2.24, 2.45) is 0 Å². The summed E-state index contributed by atoms with van der Waals surface area (Å²) in [6.45, 7) is 3.76. The summed E-state index contributed by atoms with van der Waals surface area (Å²) >= 11 is 0. The van der Waals surface area contributed by atoms with Gasteiger partial charge in [0.1, 0.15) is 11.6 Å². The van der Waals surface area contributed by atoms with E-state index in [-0.39, 0.29) is 11.3 Å². The van der Waals surface area contributed by atoms with Crippen molar-refractivity contribution in [1.29, 1.82) is 0 Å². The molecule has 4 nitrogen and oxygen atoms in total. The summed E-state index contributed by atoms with van der Waals surface area (Å²) < 4.78 is 1.58. The SMILES string of the molecule is Cc1ccccc1-n1c(C)nc2ccc(O)cc2c1=O. The number of phenols is 1. The molecule has 0 amide bonds. The van der Waals surface area contributed by atoms with Gasteiger partial charge in [-0.05, 0) is 43.7 Å². The number of fused-ring (bicyclic) bond motifs is 1. The highest BCUT2D eigenvalue weighted by atomic mass is 16.3. The van der Waals surface area contributed by atoms with Crippen LogP contribution in [0.25, 0.3) is 16.6 Å². The fourth-order valence-electron chi connectivity index (χ4n) is 2.38. The number of aromatic hydroxyl groups is 1. The number of hydrogen-bond donors (Lipinski definition) is 1. The molecular formula is C16H14N2O2. The van der Waals surface area contributed by atoms with Gasteiger partial charge < -0.3 is 5.11 Å². The first kappa shape index (κ1) is 12.4. The summed E-state index contributed by atoms with van der Waals surface area (Å²) in [4.78, 5) is 17.1. The summed E-state index contributed by atoms with van der Waals surface area (Å²) in [5.41, 5.74) is 2.24. The first-order valence-electron chi connectivity index (χ1n) is 6.36. The summed E-state index contributed by atoms with van der Waals surface area (Å²) in [6, 6.07) is 12.3. The van der Waals surface area contributed by atoms with Gasteiger partial charge in [-0.1, -0.05) is 18.2 Å². The van der Waals surface area contributed by atoms with Crippen LogP contribution >= 0.6 is 0 Å². The summed E-state index contributed by atoms with van der Waals surface area (Å²) in [5.74, 6) is 0.694. The molecule has 0 radical (unpaired) electrons. The van der Waals surface area contributed by atoms with Crippen LogP contribution in [-0.2, 0) is 0 Å². The monoisotopic (exact) mass is 266 g/mol. The number of benzene rings is 2. The van der Waals surface area contributed by atoms with Gasteiger partial charge in [0.15, 0.2) is 0 Å². The predicted octanol–water partition coefficient (Wildman–Crippen LogP) is 2.71. The zero-order valence-electron chi connectivity index (χ0n) is 11.3. The van der Waals surface area contributed by atoms with Crippen molar-refractivity contribution in [3.05, 3.63) is 64.2 Å². The molecule has 0 saturated carbocycles. The number of aryl methyl sites for hydroxylation is 2. The topological polar surface area (TPSA) is 55.1 Å². The third-order valence-electron chi connectivity index (χ3n) is 3.38. The van der Waals surface area contributed by atoms with Crippen LogP contribution in [0.1, 0.15) is 11.4 Å². The zero-order chi connectivity index (χ0) is 14.3. The quantitative estimate of drug-likeness (QED) is 0.736. The lowest BCUT2D eigenvalue weighted by atomic mass is 10.2. The molecule has 0 atom stereocenters. The van der Waals surface area contributed by atoms with Crippen molar-refractivity contribution in [2.75, 3.05) is 0 Å². The second kappa shape index (κ2) is 4.49. The average molecular weight is 266 g/mol. The molecule has 0 bridgehead atoms. The first-order valence-corrected chi connectivity index (χ1v) is 6.36. The van der Waals surface area contributed by atoms with Crippen LogP contribution < -0.4 is 5.56 Å². The van der Waals surface area contributed by atoms with Crippen molar-refractivity contribution in [3.8, 4) is 11.4 Å². The lowest BCUT2D eigenvalue weighted by molar-refractivity contribution is 0.476. The highest BCUT2D eigenvalue weighted by Gasteiger charge is 2.11. The number of aromatic nitrogens is 2. The summed E-state index contributed by atoms with van der Waals surface area (Å²) in [5, 5.41) is 9.98. The molecule has 0 aliphatic carbocycles. The zero-order valence-corrected chi connectivity index (χ0v) is 11.3. The minimum absolute atomic E-state index is 0.0663. The van der Waals surface area contributed by atoms with Crippen molar-refractivity contribution in [1.82, 2.24) is 9.55 Å². The van der Waals surface area contributed by atoms with Gasteiger partial charge in [-0.3, -0.25) is 9.36 Å². The summed E-state index contributed by atoms with van der Waals surface area (Å²) in [7, 11) is 0. The van der Waals surface area contributed by atoms with E-state index in [1.54, 1.807) is 17.6 Å². The third kappa shape index (κ3) is 1.86. The van der Waals surface area contributed by atoms with E-state index in [0.29, 0.717) is 16.7 Å². The molecular weight excluding hydrogens is 252 g/mol. The van der Waals surface area contributed by atoms with Crippen LogP contribution in [0.4, 0.5) is 0 Å². The van der Waals surface area contributed by atoms with Crippen LogP contribution in [0.3, 0.4) is 0 Å². The van der Waals surface area contributed by atoms with Crippen molar-refractivity contribution >= 4 is 10.9 Å². The predicted molar refractivity (Wildman–Crippen MR) is 78.5 cm³/mol. The maximum Gasteiger partial charge on any atom is 0.266 e. The standard InChI is InChI=1S/C16H14N2O2/c1-10-5-3-4-6-15(10)18-11(2)17-14-8-7-12(19)9-13(14)16(18)20/h3-9,19H,1-2H3. The molecule has 0 aliphatic heterocycles. The Morgan fingerprint density at radius 2 is 1.85 bits per heavy atom. The molecule has 1 aromatic heterocycles. The van der Waals surface area contributed by atoms with Gasteiger partial charge in [-0.2, -0.15) is 0 Å². The minimum atomic E-state index is -0.169. The van der Waals surface area contributed by atoms with Gasteiger partial charge in [0.05, 0.1) is 16.6 Å². The normalized spacial score (nSPS) is 10.9. The maximum absolute atomic E-state index is 12.7. The van der Waals surface area contributed by atoms with E-state index in [0.717, 1.165) is 11.3 Å². The Bertz CT molecular complexity index is 866. The van der Waals surface area contributed by atoms with Gasteiger partial charge in [-0.15, -0.1) is 0 Å². The maximum atomic E-state index is 12.7. The van der Waals surface area contributed by atoms with E-state index < -0.39 is 0 Å². The Balaban J connectivity index is 2.43. The Hall–Kier alpha value is -2.62. The lowest BCUT2D eigenvalue weighted by Gasteiger charge is -2.13. The number of nitrogens with zero attached hydrogens (tertiary/aromatic N) is 2. The molecule has 20 heavy (non-hydrogen) atoms. The van der Waals surface area contributed by atoms with Crippen molar-refractivity contribution < 1.29 is 5.11 Å². The molecule has 3 aromatic rings. The molecule has 2 aromatic carbocycles. The van der Waals surface area contributed by atoms with E-state index in [4.69, 9.17) is 0 Å². The van der Waals surface area contributed by atoms with Crippen LogP contribution in [-0.4, -0.2) is 14.7 Å². The molecule has 1 heterocycles. The number of phenolic OH excluding ortho intramolecular Hbond substituents is 1. The molecule has 0 unspecified atom stereocenters. The molecule has 0 spiro atoms. The number of hydrogen-bond acceptors (Lipinski definition) is 3. The van der Waals surface area contributed by atoms with E-state index in [1.807, 2.05) is 31.2 Å². The fourth-order valence-corrected chi connectivity index (χ4v) is 2.38. The highest BCUT2D eigenvalue weighted by Crippen LogP contribution is 2.18. The molecule has 0 aliphatic rings. The number of para-hydroxylation sites is 1.